The van der Waals surface area contributed by atoms with Gasteiger partial charge in [-0.2, -0.15) is 0 Å². The fourth-order valence-electron chi connectivity index (χ4n) is 1.88. The lowest BCUT2D eigenvalue weighted by Gasteiger charge is -2.13. The van der Waals surface area contributed by atoms with E-state index >= 15 is 0 Å². The lowest BCUT2D eigenvalue weighted by molar-refractivity contribution is 0.0916. The largest absolute Gasteiger partial charge is 0.387 e. The smallest absolute Gasteiger partial charge is 0.251 e. The molecule has 0 aliphatic carbocycles. The van der Waals surface area contributed by atoms with Crippen LogP contribution in [0.3, 0.4) is 0 Å². The molecule has 0 heterocycles. The maximum atomic E-state index is 13.4. The van der Waals surface area contributed by atoms with Crippen molar-refractivity contribution in [1.82, 2.24) is 5.32 Å². The van der Waals surface area contributed by atoms with Gasteiger partial charge in [-0.15, -0.1) is 0 Å². The molecule has 0 bridgehead atoms. The average Bonchev–Trinajstić information content (AvgIpc) is 2.47. The molecule has 0 spiro atoms. The number of amides is 1. The molecule has 5 heteroatoms. The van der Waals surface area contributed by atoms with Crippen LogP contribution in [0, 0.1) is 12.7 Å². The maximum absolute atomic E-state index is 13.4. The highest BCUT2D eigenvalue weighted by Gasteiger charge is 2.14. The van der Waals surface area contributed by atoms with Crippen LogP contribution in [0.25, 0.3) is 0 Å². The molecule has 1 unspecified atom stereocenters. The number of halogens is 2. The fraction of sp³-hybridized carbons (Fsp3) is 0.188. The summed E-state index contributed by atoms with van der Waals surface area (Å²) in [7, 11) is 0. The van der Waals surface area contributed by atoms with Gasteiger partial charge in [0.2, 0.25) is 0 Å². The monoisotopic (exact) mass is 307 g/mol. The number of aliphatic hydroxyl groups is 1. The predicted octanol–water partition coefficient (Wildman–Crippen LogP) is 3.25. The number of carbonyl (C=O) groups is 1. The summed E-state index contributed by atoms with van der Waals surface area (Å²) in [4.78, 5) is 11.9. The third-order valence-corrected chi connectivity index (χ3v) is 3.50. The molecule has 110 valence electrons. The van der Waals surface area contributed by atoms with Gasteiger partial charge in [0.1, 0.15) is 5.82 Å². The first-order chi connectivity index (χ1) is 9.99. The van der Waals surface area contributed by atoms with Gasteiger partial charge < -0.3 is 10.4 Å². The van der Waals surface area contributed by atoms with Crippen LogP contribution in [0.1, 0.15) is 27.6 Å². The molecule has 0 fully saturated rings. The number of carbonyl (C=O) groups excluding carboxylic acids is 1. The summed E-state index contributed by atoms with van der Waals surface area (Å²) in [6, 6.07) is 11.1. The van der Waals surface area contributed by atoms with E-state index in [1.807, 2.05) is 0 Å². The minimum absolute atomic E-state index is 0.00192. The second-order valence-corrected chi connectivity index (χ2v) is 5.12. The molecule has 2 aromatic carbocycles. The van der Waals surface area contributed by atoms with Crippen molar-refractivity contribution in [2.24, 2.45) is 0 Å². The molecule has 0 aliphatic rings. The van der Waals surface area contributed by atoms with Crippen LogP contribution in [-0.2, 0) is 0 Å². The van der Waals surface area contributed by atoms with E-state index < -0.39 is 17.8 Å². The normalized spacial score (nSPS) is 12.0. The molecule has 1 amide bonds. The van der Waals surface area contributed by atoms with Crippen molar-refractivity contribution in [2.45, 2.75) is 13.0 Å². The van der Waals surface area contributed by atoms with Gasteiger partial charge in [0.05, 0.1) is 6.10 Å². The van der Waals surface area contributed by atoms with E-state index in [0.29, 0.717) is 16.1 Å². The van der Waals surface area contributed by atoms with Gasteiger partial charge in [-0.3, -0.25) is 4.79 Å². The van der Waals surface area contributed by atoms with Crippen LogP contribution < -0.4 is 5.32 Å². The highest BCUT2D eigenvalue weighted by atomic mass is 35.5. The third-order valence-electron chi connectivity index (χ3n) is 3.15. The lowest BCUT2D eigenvalue weighted by Crippen LogP contribution is -2.28. The number of benzene rings is 2. The van der Waals surface area contributed by atoms with Crippen LogP contribution in [0.15, 0.2) is 42.5 Å². The summed E-state index contributed by atoms with van der Waals surface area (Å²) in [5.41, 5.74) is 1.22. The van der Waals surface area contributed by atoms with Crippen molar-refractivity contribution in [1.29, 1.82) is 0 Å². The first-order valence-electron chi connectivity index (χ1n) is 6.46. The van der Waals surface area contributed by atoms with E-state index in [1.54, 1.807) is 31.2 Å². The van der Waals surface area contributed by atoms with Gasteiger partial charge in [0, 0.05) is 22.7 Å². The van der Waals surface area contributed by atoms with E-state index in [-0.39, 0.29) is 12.1 Å². The summed E-state index contributed by atoms with van der Waals surface area (Å²) in [5, 5.41) is 13.0. The minimum Gasteiger partial charge on any atom is -0.387 e. The molecule has 3 nitrogen and oxygen atoms in total. The van der Waals surface area contributed by atoms with Crippen LogP contribution >= 0.6 is 11.6 Å². The summed E-state index contributed by atoms with van der Waals surface area (Å²) < 4.78 is 13.4. The number of aliphatic hydroxyl groups excluding tert-OH is 1. The number of aryl methyl sites for hydroxylation is 1. The molecule has 0 radical (unpaired) electrons. The Morgan fingerprint density at radius 2 is 2.05 bits per heavy atom. The molecule has 0 aromatic heterocycles. The number of hydrogen-bond acceptors (Lipinski definition) is 2. The summed E-state index contributed by atoms with van der Waals surface area (Å²) in [6.45, 7) is 1.62. The average molecular weight is 308 g/mol. The van der Waals surface area contributed by atoms with Gasteiger partial charge in [0.15, 0.2) is 0 Å². The molecular weight excluding hydrogens is 293 g/mol. The van der Waals surface area contributed by atoms with E-state index in [9.17, 15) is 14.3 Å². The van der Waals surface area contributed by atoms with Gasteiger partial charge >= 0.3 is 0 Å². The second-order valence-electron chi connectivity index (χ2n) is 4.71. The Balaban J connectivity index is 2.01. The van der Waals surface area contributed by atoms with E-state index in [2.05, 4.69) is 5.32 Å². The topological polar surface area (TPSA) is 49.3 Å². The summed E-state index contributed by atoms with van der Waals surface area (Å²) in [6.07, 6.45) is -0.919. The third kappa shape index (κ3) is 3.80. The van der Waals surface area contributed by atoms with Gasteiger partial charge in [-0.05, 0) is 30.7 Å². The Labute approximate surface area is 127 Å². The fourth-order valence-corrected chi connectivity index (χ4v) is 2.14. The SMILES string of the molecule is Cc1ccc(C(=O)NCC(O)c2ccccc2Cl)cc1F. The Bertz CT molecular complexity index is 660. The molecular formula is C16H15ClFNO2. The molecule has 2 rings (SSSR count). The zero-order valence-electron chi connectivity index (χ0n) is 11.4. The van der Waals surface area contributed by atoms with Crippen molar-refractivity contribution in [2.75, 3.05) is 6.54 Å². The van der Waals surface area contributed by atoms with Crippen LogP contribution in [-0.4, -0.2) is 17.6 Å². The van der Waals surface area contributed by atoms with Crippen molar-refractivity contribution < 1.29 is 14.3 Å². The molecule has 1 atom stereocenters. The second kappa shape index (κ2) is 6.70. The Morgan fingerprint density at radius 1 is 1.33 bits per heavy atom. The van der Waals surface area contributed by atoms with Gasteiger partial charge in [-0.1, -0.05) is 35.9 Å². The zero-order chi connectivity index (χ0) is 15.4. The number of nitrogens with one attached hydrogen (secondary N) is 1. The van der Waals surface area contributed by atoms with Gasteiger partial charge in [-0.25, -0.2) is 4.39 Å². The highest BCUT2D eigenvalue weighted by Crippen LogP contribution is 2.22. The first kappa shape index (κ1) is 15.5. The zero-order valence-corrected chi connectivity index (χ0v) is 12.2. The highest BCUT2D eigenvalue weighted by molar-refractivity contribution is 6.31. The minimum atomic E-state index is -0.919. The molecule has 0 saturated heterocycles. The Morgan fingerprint density at radius 3 is 2.71 bits per heavy atom. The van der Waals surface area contributed by atoms with Crippen LogP contribution in [0.5, 0.6) is 0 Å². The van der Waals surface area contributed by atoms with Gasteiger partial charge in [0.25, 0.3) is 5.91 Å². The number of hydrogen-bond donors (Lipinski definition) is 2. The first-order valence-corrected chi connectivity index (χ1v) is 6.83. The maximum Gasteiger partial charge on any atom is 0.251 e. The lowest BCUT2D eigenvalue weighted by atomic mass is 10.1. The molecule has 21 heavy (non-hydrogen) atoms. The molecule has 2 N–H and O–H groups in total. The number of rotatable bonds is 4. The van der Waals surface area contributed by atoms with E-state index in [0.717, 1.165) is 0 Å². The van der Waals surface area contributed by atoms with E-state index in [4.69, 9.17) is 11.6 Å². The predicted molar refractivity (Wildman–Crippen MR) is 79.9 cm³/mol. The Kier molecular flexibility index (Phi) is 4.94. The molecule has 2 aromatic rings. The van der Waals surface area contributed by atoms with Crippen molar-refractivity contribution in [3.8, 4) is 0 Å². The Hall–Kier alpha value is -1.91. The molecule has 0 saturated carbocycles. The van der Waals surface area contributed by atoms with Crippen LogP contribution in [0.4, 0.5) is 4.39 Å². The quantitative estimate of drug-likeness (QED) is 0.911. The summed E-state index contributed by atoms with van der Waals surface area (Å²) >= 11 is 5.97. The van der Waals surface area contributed by atoms with E-state index in [1.165, 1.54) is 18.2 Å². The van der Waals surface area contributed by atoms with Crippen molar-refractivity contribution >= 4 is 17.5 Å². The van der Waals surface area contributed by atoms with Crippen molar-refractivity contribution in [3.05, 3.63) is 70.0 Å². The van der Waals surface area contributed by atoms with Crippen LogP contribution in [0.2, 0.25) is 5.02 Å². The molecule has 0 aliphatic heterocycles. The van der Waals surface area contributed by atoms with Crippen molar-refractivity contribution in [3.63, 3.8) is 0 Å². The summed E-state index contributed by atoms with van der Waals surface area (Å²) in [5.74, 6) is -0.880. The standard InChI is InChI=1S/C16H15ClFNO2/c1-10-6-7-11(8-14(10)18)16(21)19-9-15(20)12-4-2-3-5-13(12)17/h2-8,15,20H,9H2,1H3,(H,19,21).